The molecule has 0 saturated carbocycles. The third kappa shape index (κ3) is 3.32. The lowest BCUT2D eigenvalue weighted by molar-refractivity contribution is 0.142. The van der Waals surface area contributed by atoms with Crippen molar-refractivity contribution in [2.24, 2.45) is 0 Å². The molecule has 1 aliphatic rings. The summed E-state index contributed by atoms with van der Waals surface area (Å²) in [6.07, 6.45) is 2.14. The second kappa shape index (κ2) is 7.52. The van der Waals surface area contributed by atoms with Crippen LogP contribution in [-0.2, 0) is 10.0 Å². The monoisotopic (exact) mass is 430 g/mol. The molecule has 4 rings (SSSR count). The molecule has 1 amide bonds. The largest absolute Gasteiger partial charge is 0.495 e. The first-order valence-electron chi connectivity index (χ1n) is 9.42. The van der Waals surface area contributed by atoms with Crippen molar-refractivity contribution in [3.8, 4) is 5.75 Å². The summed E-state index contributed by atoms with van der Waals surface area (Å²) in [5.74, 6) is 0.921. The van der Waals surface area contributed by atoms with Gasteiger partial charge in [0.15, 0.2) is 0 Å². The fraction of sp³-hybridized carbons (Fsp3) is 0.300. The molecule has 0 bridgehead atoms. The Morgan fingerprint density at radius 3 is 2.53 bits per heavy atom. The van der Waals surface area contributed by atoms with E-state index in [9.17, 15) is 13.2 Å². The summed E-state index contributed by atoms with van der Waals surface area (Å²) < 4.78 is 33.4. The van der Waals surface area contributed by atoms with Gasteiger partial charge in [-0.05, 0) is 36.8 Å². The number of carboxylic acid groups (broad SMARTS) is 1. The Bertz CT molecular complexity index is 1210. The third-order valence-electron chi connectivity index (χ3n) is 5.27. The summed E-state index contributed by atoms with van der Waals surface area (Å²) in [5, 5.41) is 9.83. The Morgan fingerprint density at radius 2 is 1.87 bits per heavy atom. The van der Waals surface area contributed by atoms with Gasteiger partial charge in [-0.25, -0.2) is 22.2 Å². The number of methoxy groups -OCH3 is 1. The summed E-state index contributed by atoms with van der Waals surface area (Å²) in [5.41, 5.74) is 1.31. The minimum absolute atomic E-state index is 0.0935. The summed E-state index contributed by atoms with van der Waals surface area (Å²) in [7, 11) is -2.45. The number of fused-ring (bicyclic) bond motifs is 1. The molecule has 0 unspecified atom stereocenters. The van der Waals surface area contributed by atoms with Crippen LogP contribution in [-0.4, -0.2) is 66.8 Å². The molecular formula is C20H22N4O5S. The van der Waals surface area contributed by atoms with Crippen molar-refractivity contribution < 1.29 is 23.1 Å². The molecule has 0 atom stereocenters. The lowest BCUT2D eigenvalue weighted by Crippen LogP contribution is -2.48. The molecule has 3 heterocycles. The van der Waals surface area contributed by atoms with Gasteiger partial charge >= 0.3 is 6.09 Å². The van der Waals surface area contributed by atoms with E-state index in [1.165, 1.54) is 22.2 Å². The van der Waals surface area contributed by atoms with Crippen molar-refractivity contribution in [3.05, 3.63) is 48.3 Å². The van der Waals surface area contributed by atoms with E-state index >= 15 is 0 Å². The highest BCUT2D eigenvalue weighted by Gasteiger charge is 2.26. The predicted molar refractivity (Wildman–Crippen MR) is 112 cm³/mol. The molecule has 0 spiro atoms. The van der Waals surface area contributed by atoms with Gasteiger partial charge in [-0.2, -0.15) is 0 Å². The van der Waals surface area contributed by atoms with Crippen LogP contribution in [0.3, 0.4) is 0 Å². The number of piperazine rings is 1. The first-order chi connectivity index (χ1) is 14.3. The fourth-order valence-electron chi connectivity index (χ4n) is 3.69. The molecule has 1 aromatic carbocycles. The maximum Gasteiger partial charge on any atom is 0.407 e. The molecule has 158 valence electrons. The highest BCUT2D eigenvalue weighted by atomic mass is 32.2. The Morgan fingerprint density at radius 1 is 1.13 bits per heavy atom. The SMILES string of the molecule is COc1ccc(C)cc1S(=O)(=O)n1ccc2c(N3CCN(C(=O)O)CC3)nccc21. The van der Waals surface area contributed by atoms with E-state index in [0.717, 1.165) is 5.56 Å². The van der Waals surface area contributed by atoms with Gasteiger partial charge in [-0.1, -0.05) is 6.07 Å². The number of carbonyl (C=O) groups is 1. The summed E-state index contributed by atoms with van der Waals surface area (Å²) in [6, 6.07) is 8.41. The molecule has 9 nitrogen and oxygen atoms in total. The van der Waals surface area contributed by atoms with Gasteiger partial charge in [-0.15, -0.1) is 0 Å². The number of rotatable bonds is 4. The number of aromatic nitrogens is 2. The number of benzene rings is 1. The second-order valence-corrected chi connectivity index (χ2v) is 8.88. The molecule has 1 saturated heterocycles. The van der Waals surface area contributed by atoms with E-state index in [-0.39, 0.29) is 10.6 Å². The fourth-order valence-corrected chi connectivity index (χ4v) is 5.28. The van der Waals surface area contributed by atoms with Crippen LogP contribution in [0.5, 0.6) is 5.75 Å². The van der Waals surface area contributed by atoms with Gasteiger partial charge in [0, 0.05) is 44.0 Å². The van der Waals surface area contributed by atoms with E-state index in [1.807, 2.05) is 11.8 Å². The van der Waals surface area contributed by atoms with Crippen LogP contribution in [0.25, 0.3) is 10.9 Å². The molecule has 1 aliphatic heterocycles. The van der Waals surface area contributed by atoms with Gasteiger partial charge < -0.3 is 19.6 Å². The van der Waals surface area contributed by atoms with Crippen LogP contribution in [0, 0.1) is 6.92 Å². The van der Waals surface area contributed by atoms with Crippen molar-refractivity contribution in [1.82, 2.24) is 13.9 Å². The van der Waals surface area contributed by atoms with Gasteiger partial charge in [0.05, 0.1) is 12.6 Å². The molecule has 0 radical (unpaired) electrons. The van der Waals surface area contributed by atoms with E-state index in [4.69, 9.17) is 9.84 Å². The number of nitrogens with zero attached hydrogens (tertiary/aromatic N) is 4. The minimum atomic E-state index is -3.90. The van der Waals surface area contributed by atoms with Crippen LogP contribution >= 0.6 is 0 Å². The van der Waals surface area contributed by atoms with E-state index in [0.29, 0.717) is 42.9 Å². The Hall–Kier alpha value is -3.27. The Kier molecular flexibility index (Phi) is 5.02. The zero-order valence-corrected chi connectivity index (χ0v) is 17.5. The van der Waals surface area contributed by atoms with Crippen molar-refractivity contribution in [2.45, 2.75) is 11.8 Å². The average molecular weight is 430 g/mol. The third-order valence-corrected chi connectivity index (χ3v) is 6.98. The van der Waals surface area contributed by atoms with Crippen LogP contribution in [0.15, 0.2) is 47.6 Å². The number of anilines is 1. The average Bonchev–Trinajstić information content (AvgIpc) is 3.19. The number of amides is 1. The molecular weight excluding hydrogens is 408 g/mol. The summed E-state index contributed by atoms with van der Waals surface area (Å²) in [6.45, 7) is 3.54. The van der Waals surface area contributed by atoms with Crippen molar-refractivity contribution in [1.29, 1.82) is 0 Å². The Labute approximate surface area is 174 Å². The molecule has 0 aliphatic carbocycles. The molecule has 2 aromatic heterocycles. The van der Waals surface area contributed by atoms with Crippen LogP contribution < -0.4 is 9.64 Å². The van der Waals surface area contributed by atoms with Gasteiger partial charge in [0.2, 0.25) is 0 Å². The molecule has 1 N–H and O–H groups in total. The number of pyridine rings is 1. The molecule has 10 heteroatoms. The van der Waals surface area contributed by atoms with Crippen LogP contribution in [0.2, 0.25) is 0 Å². The molecule has 1 fully saturated rings. The topological polar surface area (TPSA) is 105 Å². The second-order valence-electron chi connectivity index (χ2n) is 7.09. The minimum Gasteiger partial charge on any atom is -0.495 e. The Balaban J connectivity index is 1.76. The number of aryl methyl sites for hydroxylation is 1. The molecule has 3 aromatic rings. The first-order valence-corrected chi connectivity index (χ1v) is 10.9. The van der Waals surface area contributed by atoms with Gasteiger partial charge in [-0.3, -0.25) is 0 Å². The summed E-state index contributed by atoms with van der Waals surface area (Å²) in [4.78, 5) is 19.0. The van der Waals surface area contributed by atoms with Gasteiger partial charge in [0.25, 0.3) is 10.0 Å². The number of hydrogen-bond acceptors (Lipinski definition) is 6. The van der Waals surface area contributed by atoms with E-state index < -0.39 is 16.1 Å². The van der Waals surface area contributed by atoms with Crippen LogP contribution in [0.1, 0.15) is 5.56 Å². The quantitative estimate of drug-likeness (QED) is 0.678. The zero-order chi connectivity index (χ0) is 21.5. The lowest BCUT2D eigenvalue weighted by atomic mass is 10.2. The lowest BCUT2D eigenvalue weighted by Gasteiger charge is -2.34. The highest BCUT2D eigenvalue weighted by Crippen LogP contribution is 2.32. The molecule has 30 heavy (non-hydrogen) atoms. The maximum atomic E-state index is 13.4. The zero-order valence-electron chi connectivity index (χ0n) is 16.6. The highest BCUT2D eigenvalue weighted by molar-refractivity contribution is 7.90. The first kappa shape index (κ1) is 20.0. The van der Waals surface area contributed by atoms with Crippen molar-refractivity contribution in [2.75, 3.05) is 38.2 Å². The van der Waals surface area contributed by atoms with E-state index in [2.05, 4.69) is 4.98 Å². The van der Waals surface area contributed by atoms with Gasteiger partial charge in [0.1, 0.15) is 16.5 Å². The van der Waals surface area contributed by atoms with Crippen molar-refractivity contribution >= 4 is 32.8 Å². The summed E-state index contributed by atoms with van der Waals surface area (Å²) >= 11 is 0. The van der Waals surface area contributed by atoms with E-state index in [1.54, 1.807) is 36.5 Å². The number of ether oxygens (including phenoxy) is 1. The normalized spacial score (nSPS) is 14.9. The van der Waals surface area contributed by atoms with Crippen LogP contribution in [0.4, 0.5) is 10.6 Å². The maximum absolute atomic E-state index is 13.4. The predicted octanol–water partition coefficient (Wildman–Crippen LogP) is 2.39. The number of hydrogen-bond donors (Lipinski definition) is 1. The standard InChI is InChI=1S/C20H22N4O5S/c1-14-3-4-17(29-2)18(13-14)30(27,28)24-8-6-15-16(24)5-7-21-19(15)22-9-11-23(12-10-22)20(25)26/h3-8,13H,9-12H2,1-2H3,(H,25,26). The smallest absolute Gasteiger partial charge is 0.407 e. The van der Waals surface area contributed by atoms with Crippen molar-refractivity contribution in [3.63, 3.8) is 0 Å².